The predicted octanol–water partition coefficient (Wildman–Crippen LogP) is 2.77. The lowest BCUT2D eigenvalue weighted by Crippen LogP contribution is -2.61. The summed E-state index contributed by atoms with van der Waals surface area (Å²) in [5.74, 6) is 1.20. The van der Waals surface area contributed by atoms with E-state index in [-0.39, 0.29) is 17.8 Å². The topological polar surface area (TPSA) is 109 Å². The van der Waals surface area contributed by atoms with Crippen molar-refractivity contribution >= 4 is 5.82 Å². The second-order valence-electron chi connectivity index (χ2n) is 8.62. The van der Waals surface area contributed by atoms with Gasteiger partial charge >= 0.3 is 0 Å². The molecule has 4 atom stereocenters. The molecule has 0 unspecified atom stereocenters. The third-order valence-electron chi connectivity index (χ3n) is 6.62. The lowest BCUT2D eigenvalue weighted by Gasteiger charge is -2.45. The van der Waals surface area contributed by atoms with E-state index in [0.717, 1.165) is 36.8 Å². The van der Waals surface area contributed by atoms with Crippen molar-refractivity contribution < 1.29 is 14.2 Å². The van der Waals surface area contributed by atoms with Gasteiger partial charge in [-0.2, -0.15) is 5.10 Å². The predicted molar refractivity (Wildman–Crippen MR) is 121 cm³/mol. The maximum atomic E-state index is 15.1. The van der Waals surface area contributed by atoms with Crippen molar-refractivity contribution in [2.45, 2.75) is 50.0 Å². The van der Waals surface area contributed by atoms with Crippen LogP contribution in [0.2, 0.25) is 0 Å². The number of methoxy groups -OCH3 is 1. The molecule has 172 valence electrons. The minimum Gasteiger partial charge on any atom is -0.507 e. The van der Waals surface area contributed by atoms with Gasteiger partial charge < -0.3 is 20.1 Å². The number of anilines is 1. The molecule has 0 saturated carbocycles. The zero-order chi connectivity index (χ0) is 22.9. The molecule has 2 aliphatic heterocycles. The number of nitrogens with one attached hydrogen (secondary N) is 1. The van der Waals surface area contributed by atoms with Gasteiger partial charge in [0.1, 0.15) is 11.9 Å². The monoisotopic (exact) mass is 451 g/mol. The lowest BCUT2D eigenvalue weighted by atomic mass is 9.82. The molecule has 4 heterocycles. The van der Waals surface area contributed by atoms with E-state index in [4.69, 9.17) is 4.74 Å². The van der Waals surface area contributed by atoms with Crippen molar-refractivity contribution in [3.05, 3.63) is 36.7 Å². The fraction of sp³-hybridized carbons (Fsp3) is 0.435. The smallest absolute Gasteiger partial charge is 0.233 e. The first-order valence-corrected chi connectivity index (χ1v) is 11.1. The van der Waals surface area contributed by atoms with E-state index in [1.165, 1.54) is 7.11 Å². The SMILES string of the molecule is COc1cc(-c2ccc(-c3ncc(N(C)[C@H]4C[C@H]5CCC[C@H](N5)[C@H]4F)nn3)c(O)c2)cnn1. The van der Waals surface area contributed by atoms with Gasteiger partial charge in [-0.05, 0) is 37.0 Å². The molecule has 2 saturated heterocycles. The van der Waals surface area contributed by atoms with E-state index in [1.807, 2.05) is 18.0 Å². The van der Waals surface area contributed by atoms with Crippen LogP contribution < -0.4 is 15.0 Å². The van der Waals surface area contributed by atoms with E-state index in [9.17, 15) is 5.11 Å². The van der Waals surface area contributed by atoms with Crippen LogP contribution in [-0.2, 0) is 0 Å². The molecule has 2 N–H and O–H groups in total. The van der Waals surface area contributed by atoms with Crippen molar-refractivity contribution in [3.8, 4) is 34.1 Å². The summed E-state index contributed by atoms with van der Waals surface area (Å²) in [6.07, 6.45) is 5.95. The summed E-state index contributed by atoms with van der Waals surface area (Å²) in [5.41, 5.74) is 1.96. The molecule has 9 nitrogen and oxygen atoms in total. The van der Waals surface area contributed by atoms with Gasteiger partial charge in [0, 0.05) is 30.8 Å². The van der Waals surface area contributed by atoms with Gasteiger partial charge in [0.2, 0.25) is 5.88 Å². The minimum atomic E-state index is -0.967. The molecule has 33 heavy (non-hydrogen) atoms. The highest BCUT2D eigenvalue weighted by molar-refractivity contribution is 5.72. The first kappa shape index (κ1) is 21.4. The number of phenols is 1. The fourth-order valence-electron chi connectivity index (χ4n) is 4.78. The van der Waals surface area contributed by atoms with Gasteiger partial charge in [-0.1, -0.05) is 12.5 Å². The van der Waals surface area contributed by atoms with Crippen LogP contribution in [0.15, 0.2) is 36.7 Å². The fourth-order valence-corrected chi connectivity index (χ4v) is 4.78. The summed E-state index contributed by atoms with van der Waals surface area (Å²) in [6, 6.07) is 6.88. The summed E-state index contributed by atoms with van der Waals surface area (Å²) in [4.78, 5) is 6.24. The Morgan fingerprint density at radius 3 is 2.76 bits per heavy atom. The summed E-state index contributed by atoms with van der Waals surface area (Å²) in [5, 5.41) is 30.3. The van der Waals surface area contributed by atoms with E-state index in [1.54, 1.807) is 30.6 Å². The number of halogens is 1. The molecule has 2 fully saturated rings. The van der Waals surface area contributed by atoms with Crippen LogP contribution in [0.25, 0.3) is 22.5 Å². The van der Waals surface area contributed by atoms with Gasteiger partial charge in [-0.3, -0.25) is 0 Å². The molecular formula is C23H26FN7O2. The van der Waals surface area contributed by atoms with Crippen LogP contribution in [0.3, 0.4) is 0 Å². The Hall–Kier alpha value is -3.40. The van der Waals surface area contributed by atoms with E-state index < -0.39 is 6.17 Å². The van der Waals surface area contributed by atoms with Crippen molar-refractivity contribution in [1.82, 2.24) is 30.7 Å². The molecule has 0 radical (unpaired) electrons. The van der Waals surface area contributed by atoms with Crippen LogP contribution in [0.5, 0.6) is 11.6 Å². The molecule has 2 aliphatic rings. The highest BCUT2D eigenvalue weighted by atomic mass is 19.1. The number of hydrogen-bond acceptors (Lipinski definition) is 9. The van der Waals surface area contributed by atoms with E-state index >= 15 is 4.39 Å². The first-order valence-electron chi connectivity index (χ1n) is 11.1. The highest BCUT2D eigenvalue weighted by Gasteiger charge is 2.42. The van der Waals surface area contributed by atoms with Crippen LogP contribution in [0.1, 0.15) is 25.7 Å². The zero-order valence-corrected chi connectivity index (χ0v) is 18.5. The number of aromatic hydroxyl groups is 1. The van der Waals surface area contributed by atoms with E-state index in [2.05, 4.69) is 30.7 Å². The minimum absolute atomic E-state index is 0.0150. The largest absolute Gasteiger partial charge is 0.507 e. The maximum Gasteiger partial charge on any atom is 0.233 e. The third-order valence-corrected chi connectivity index (χ3v) is 6.62. The van der Waals surface area contributed by atoms with E-state index in [0.29, 0.717) is 29.1 Å². The van der Waals surface area contributed by atoms with Crippen LogP contribution in [-0.4, -0.2) is 68.9 Å². The Morgan fingerprint density at radius 2 is 2.00 bits per heavy atom. The Kier molecular flexibility index (Phi) is 5.76. The molecule has 5 rings (SSSR count). The standard InChI is InChI=1S/C23H26FN7O2/c1-31(18-10-15-4-3-5-17(27-15)22(18)24)20-12-25-23(30-28-20)16-7-6-13(8-19(16)32)14-9-21(33-2)29-26-11-14/h6-9,11-12,15,17-18,22,27,32H,3-5,10H2,1-2H3/t15-,17+,18+,22-/m1/s1. The van der Waals surface area contributed by atoms with Gasteiger partial charge in [0.05, 0.1) is 31.1 Å². The molecule has 2 bridgehead atoms. The molecular weight excluding hydrogens is 425 g/mol. The quantitative estimate of drug-likeness (QED) is 0.605. The number of phenolic OH excluding ortho intramolecular Hbond substituents is 1. The van der Waals surface area contributed by atoms with Crippen molar-refractivity contribution in [1.29, 1.82) is 0 Å². The number of nitrogens with zero attached hydrogens (tertiary/aromatic N) is 6. The maximum absolute atomic E-state index is 15.1. The summed E-state index contributed by atoms with van der Waals surface area (Å²) >= 11 is 0. The van der Waals surface area contributed by atoms with Crippen molar-refractivity contribution in [2.75, 3.05) is 19.1 Å². The molecule has 0 amide bonds. The van der Waals surface area contributed by atoms with Crippen LogP contribution in [0.4, 0.5) is 10.2 Å². The molecule has 0 spiro atoms. The second kappa shape index (κ2) is 8.86. The number of ether oxygens (including phenoxy) is 1. The average molecular weight is 452 g/mol. The number of benzene rings is 1. The molecule has 2 aromatic heterocycles. The number of rotatable bonds is 5. The van der Waals surface area contributed by atoms with Gasteiger partial charge in [0.25, 0.3) is 0 Å². The van der Waals surface area contributed by atoms with Gasteiger partial charge in [0.15, 0.2) is 11.6 Å². The Labute approximate surface area is 191 Å². The molecule has 10 heteroatoms. The Bertz CT molecular complexity index is 1130. The highest BCUT2D eigenvalue weighted by Crippen LogP contribution is 2.34. The van der Waals surface area contributed by atoms with Crippen molar-refractivity contribution in [3.63, 3.8) is 0 Å². The third kappa shape index (κ3) is 4.18. The van der Waals surface area contributed by atoms with Gasteiger partial charge in [-0.25, -0.2) is 9.37 Å². The van der Waals surface area contributed by atoms with Crippen LogP contribution in [0, 0.1) is 0 Å². The summed E-state index contributed by atoms with van der Waals surface area (Å²) < 4.78 is 20.2. The molecule has 0 aliphatic carbocycles. The second-order valence-corrected chi connectivity index (χ2v) is 8.62. The Balaban J connectivity index is 1.35. The zero-order valence-electron chi connectivity index (χ0n) is 18.5. The van der Waals surface area contributed by atoms with Crippen molar-refractivity contribution in [2.24, 2.45) is 0 Å². The summed E-state index contributed by atoms with van der Waals surface area (Å²) in [6.45, 7) is 0. The average Bonchev–Trinajstić information content (AvgIpc) is 2.86. The van der Waals surface area contributed by atoms with Crippen LogP contribution >= 0.6 is 0 Å². The number of alkyl halides is 1. The number of aromatic nitrogens is 5. The molecule has 3 aromatic rings. The number of piperidine rings is 2. The normalized spacial score (nSPS) is 24.3. The van der Waals surface area contributed by atoms with Gasteiger partial charge in [-0.15, -0.1) is 15.3 Å². The number of hydrogen-bond donors (Lipinski definition) is 2. The summed E-state index contributed by atoms with van der Waals surface area (Å²) in [7, 11) is 3.36. The first-order chi connectivity index (χ1) is 16.0. The Morgan fingerprint density at radius 1 is 1.12 bits per heavy atom. The number of fused-ring (bicyclic) bond motifs is 2. The molecule has 1 aromatic carbocycles. The lowest BCUT2D eigenvalue weighted by molar-refractivity contribution is 0.107.